The number of anilines is 1. The van der Waals surface area contributed by atoms with Crippen LogP contribution in [-0.4, -0.2) is 52.1 Å². The quantitative estimate of drug-likeness (QED) is 0.719. The lowest BCUT2D eigenvalue weighted by atomic mass is 10.1. The van der Waals surface area contributed by atoms with Crippen molar-refractivity contribution < 1.29 is 13.7 Å². The topological polar surface area (TPSA) is 75.4 Å². The molecule has 0 aliphatic carbocycles. The van der Waals surface area contributed by atoms with Gasteiger partial charge in [-0.05, 0) is 24.3 Å². The Morgan fingerprint density at radius 1 is 1.04 bits per heavy atom. The van der Waals surface area contributed by atoms with E-state index < -0.39 is 0 Å². The molecule has 0 spiro atoms. The van der Waals surface area contributed by atoms with Gasteiger partial charge in [0.1, 0.15) is 18.0 Å². The lowest BCUT2D eigenvalue weighted by molar-refractivity contribution is 0.0704. The zero-order valence-electron chi connectivity index (χ0n) is 13.9. The minimum absolute atomic E-state index is 0.156. The van der Waals surface area contributed by atoms with Crippen molar-refractivity contribution in [1.29, 1.82) is 0 Å². The summed E-state index contributed by atoms with van der Waals surface area (Å²) in [5, 5.41) is 3.57. The highest BCUT2D eigenvalue weighted by Crippen LogP contribution is 2.22. The number of piperazine rings is 1. The molecule has 26 heavy (non-hydrogen) atoms. The number of nitrogens with zero attached hydrogens (tertiary/aromatic N) is 5. The van der Waals surface area contributed by atoms with E-state index in [4.69, 9.17) is 4.52 Å². The number of hydrogen-bond acceptors (Lipinski definition) is 6. The Balaban J connectivity index is 1.45. The number of hydrogen-bond donors (Lipinski definition) is 0. The number of halogens is 1. The normalized spacial score (nSPS) is 14.5. The first kappa shape index (κ1) is 16.2. The van der Waals surface area contributed by atoms with Crippen LogP contribution >= 0.6 is 0 Å². The fourth-order valence-corrected chi connectivity index (χ4v) is 2.92. The van der Waals surface area contributed by atoms with Gasteiger partial charge in [0.2, 0.25) is 5.76 Å². The molecule has 3 aromatic rings. The fourth-order valence-electron chi connectivity index (χ4n) is 2.92. The van der Waals surface area contributed by atoms with E-state index in [2.05, 4.69) is 20.0 Å². The van der Waals surface area contributed by atoms with Gasteiger partial charge in [-0.15, -0.1) is 0 Å². The van der Waals surface area contributed by atoms with Crippen LogP contribution in [0.2, 0.25) is 0 Å². The Morgan fingerprint density at radius 3 is 2.50 bits per heavy atom. The third-order valence-corrected chi connectivity index (χ3v) is 4.33. The minimum atomic E-state index is -0.282. The molecule has 1 aliphatic rings. The van der Waals surface area contributed by atoms with Gasteiger partial charge >= 0.3 is 0 Å². The highest BCUT2D eigenvalue weighted by molar-refractivity contribution is 5.91. The standard InChI is InChI=1S/C18H16FN5O2/c19-14-3-1-13(2-4-14)15-11-17(21-12-20-15)23-7-9-24(10-8-23)18(25)16-5-6-22-26-16/h1-6,11-12H,7-10H2. The molecular formula is C18H16FN5O2. The van der Waals surface area contributed by atoms with Crippen molar-refractivity contribution in [2.75, 3.05) is 31.1 Å². The van der Waals surface area contributed by atoms with Crippen molar-refractivity contribution >= 4 is 11.7 Å². The second-order valence-corrected chi connectivity index (χ2v) is 5.92. The van der Waals surface area contributed by atoms with Crippen LogP contribution < -0.4 is 4.90 Å². The van der Waals surface area contributed by atoms with Crippen molar-refractivity contribution in [3.05, 3.63) is 60.5 Å². The van der Waals surface area contributed by atoms with E-state index in [-0.39, 0.29) is 17.5 Å². The molecule has 0 radical (unpaired) electrons. The van der Waals surface area contributed by atoms with Gasteiger partial charge in [-0.3, -0.25) is 4.79 Å². The van der Waals surface area contributed by atoms with Gasteiger partial charge in [-0.1, -0.05) is 5.16 Å². The molecule has 0 N–H and O–H groups in total. The highest BCUT2D eigenvalue weighted by Gasteiger charge is 2.25. The monoisotopic (exact) mass is 353 g/mol. The summed E-state index contributed by atoms with van der Waals surface area (Å²) in [7, 11) is 0. The van der Waals surface area contributed by atoms with Gasteiger partial charge in [-0.2, -0.15) is 0 Å². The summed E-state index contributed by atoms with van der Waals surface area (Å²) in [6.07, 6.45) is 2.96. The average Bonchev–Trinajstić information content (AvgIpc) is 3.23. The molecule has 7 nitrogen and oxygen atoms in total. The Bertz CT molecular complexity index is 890. The van der Waals surface area contributed by atoms with Crippen molar-refractivity contribution in [2.24, 2.45) is 0 Å². The largest absolute Gasteiger partial charge is 0.353 e. The van der Waals surface area contributed by atoms with Gasteiger partial charge in [-0.25, -0.2) is 14.4 Å². The Kier molecular flexibility index (Phi) is 4.30. The maximum atomic E-state index is 13.1. The Labute approximate surface area is 149 Å². The maximum Gasteiger partial charge on any atom is 0.292 e. The van der Waals surface area contributed by atoms with E-state index in [0.717, 1.165) is 17.1 Å². The number of benzene rings is 1. The van der Waals surface area contributed by atoms with E-state index in [0.29, 0.717) is 26.2 Å². The maximum absolute atomic E-state index is 13.1. The number of amides is 1. The lowest BCUT2D eigenvalue weighted by Gasteiger charge is -2.34. The third-order valence-electron chi connectivity index (χ3n) is 4.33. The zero-order valence-corrected chi connectivity index (χ0v) is 13.9. The van der Waals surface area contributed by atoms with Crippen molar-refractivity contribution in [2.45, 2.75) is 0 Å². The summed E-state index contributed by atoms with van der Waals surface area (Å²) in [5.74, 6) is 0.595. The van der Waals surface area contributed by atoms with Gasteiger partial charge in [0, 0.05) is 43.9 Å². The molecule has 3 heterocycles. The molecule has 0 atom stereocenters. The average molecular weight is 353 g/mol. The van der Waals surface area contributed by atoms with Crippen LogP contribution in [0.3, 0.4) is 0 Å². The first-order chi connectivity index (χ1) is 12.7. The van der Waals surface area contributed by atoms with Gasteiger partial charge in [0.15, 0.2) is 0 Å². The van der Waals surface area contributed by atoms with Crippen molar-refractivity contribution in [1.82, 2.24) is 20.0 Å². The van der Waals surface area contributed by atoms with Gasteiger partial charge in [0.05, 0.1) is 11.9 Å². The summed E-state index contributed by atoms with van der Waals surface area (Å²) in [6.45, 7) is 2.43. The molecule has 1 amide bonds. The molecule has 1 fully saturated rings. The summed E-state index contributed by atoms with van der Waals surface area (Å²) in [6, 6.07) is 9.64. The Hall–Kier alpha value is -3.29. The minimum Gasteiger partial charge on any atom is -0.353 e. The van der Waals surface area contributed by atoms with Crippen LogP contribution in [0.5, 0.6) is 0 Å². The first-order valence-electron chi connectivity index (χ1n) is 8.23. The number of carbonyl (C=O) groups is 1. The van der Waals surface area contributed by atoms with Crippen molar-refractivity contribution in [3.8, 4) is 11.3 Å². The predicted octanol–water partition coefficient (Wildman–Crippen LogP) is 2.23. The number of aromatic nitrogens is 3. The van der Waals surface area contributed by atoms with Gasteiger partial charge < -0.3 is 14.3 Å². The van der Waals surface area contributed by atoms with Crippen LogP contribution in [0.15, 0.2) is 53.4 Å². The zero-order chi connectivity index (χ0) is 17.9. The fraction of sp³-hybridized carbons (Fsp3) is 0.222. The smallest absolute Gasteiger partial charge is 0.292 e. The second-order valence-electron chi connectivity index (χ2n) is 5.92. The molecule has 132 valence electrons. The molecule has 1 saturated heterocycles. The Morgan fingerprint density at radius 2 is 1.81 bits per heavy atom. The predicted molar refractivity (Wildman–Crippen MR) is 92.0 cm³/mol. The summed E-state index contributed by atoms with van der Waals surface area (Å²) < 4.78 is 18.0. The lowest BCUT2D eigenvalue weighted by Crippen LogP contribution is -2.49. The number of rotatable bonds is 3. The van der Waals surface area contributed by atoms with Gasteiger partial charge in [0.25, 0.3) is 5.91 Å². The van der Waals surface area contributed by atoms with Crippen LogP contribution in [0.1, 0.15) is 10.6 Å². The molecule has 1 aromatic carbocycles. The molecule has 8 heteroatoms. The molecule has 1 aliphatic heterocycles. The molecule has 0 bridgehead atoms. The van der Waals surface area contributed by atoms with E-state index in [1.54, 1.807) is 23.1 Å². The van der Waals surface area contributed by atoms with E-state index in [1.807, 2.05) is 6.07 Å². The summed E-state index contributed by atoms with van der Waals surface area (Å²) in [4.78, 5) is 24.7. The van der Waals surface area contributed by atoms with Crippen LogP contribution in [0.4, 0.5) is 10.2 Å². The third kappa shape index (κ3) is 3.26. The van der Waals surface area contributed by atoms with E-state index >= 15 is 0 Å². The summed E-state index contributed by atoms with van der Waals surface area (Å²) >= 11 is 0. The SMILES string of the molecule is O=C(c1ccno1)N1CCN(c2cc(-c3ccc(F)cc3)ncn2)CC1. The first-order valence-corrected chi connectivity index (χ1v) is 8.23. The molecular weight excluding hydrogens is 337 g/mol. The van der Waals surface area contributed by atoms with Crippen LogP contribution in [-0.2, 0) is 0 Å². The van der Waals surface area contributed by atoms with Crippen molar-refractivity contribution in [3.63, 3.8) is 0 Å². The van der Waals surface area contributed by atoms with E-state index in [9.17, 15) is 9.18 Å². The molecule has 4 rings (SSSR count). The molecule has 0 unspecified atom stereocenters. The highest BCUT2D eigenvalue weighted by atomic mass is 19.1. The van der Waals surface area contributed by atoms with Crippen LogP contribution in [0.25, 0.3) is 11.3 Å². The molecule has 0 saturated carbocycles. The van der Waals surface area contributed by atoms with Crippen LogP contribution in [0, 0.1) is 5.82 Å². The molecule has 2 aromatic heterocycles. The number of carbonyl (C=O) groups excluding carboxylic acids is 1. The second kappa shape index (κ2) is 6.91. The van der Waals surface area contributed by atoms with E-state index in [1.165, 1.54) is 24.7 Å². The summed E-state index contributed by atoms with van der Waals surface area (Å²) in [5.41, 5.74) is 1.56.